The maximum absolute atomic E-state index is 13.9. The van der Waals surface area contributed by atoms with Crippen molar-refractivity contribution >= 4 is 58.0 Å². The van der Waals surface area contributed by atoms with Crippen molar-refractivity contribution in [3.63, 3.8) is 0 Å². The first-order chi connectivity index (χ1) is 33.2. The number of anilines is 2. The van der Waals surface area contributed by atoms with Crippen molar-refractivity contribution in [1.29, 1.82) is 0 Å². The van der Waals surface area contributed by atoms with Crippen LogP contribution in [0.5, 0.6) is 17.4 Å². The molecule has 2 saturated heterocycles. The Hall–Kier alpha value is -5.34. The van der Waals surface area contributed by atoms with E-state index in [9.17, 15) is 13.6 Å². The van der Waals surface area contributed by atoms with Crippen molar-refractivity contribution in [3.8, 4) is 39.6 Å². The lowest BCUT2D eigenvalue weighted by Crippen LogP contribution is -2.38. The smallest absolute Gasteiger partial charge is 0.247 e. The number of benzene rings is 2. The van der Waals surface area contributed by atoms with Crippen molar-refractivity contribution in [2.45, 2.75) is 26.1 Å². The molecule has 6 heterocycles. The number of aliphatic hydroxyl groups excluding tert-OH is 1. The van der Waals surface area contributed by atoms with Gasteiger partial charge in [0.15, 0.2) is 23.1 Å². The molecule has 0 saturated carbocycles. The van der Waals surface area contributed by atoms with Crippen LogP contribution in [-0.2, 0) is 9.47 Å². The fraction of sp³-hybridized carbons (Fsp3) is 0.333. The molecule has 4 aromatic heterocycles. The second-order valence-electron chi connectivity index (χ2n) is 15.6. The van der Waals surface area contributed by atoms with Crippen molar-refractivity contribution < 1.29 is 37.6 Å². The third-order valence-corrected chi connectivity index (χ3v) is 12.2. The summed E-state index contributed by atoms with van der Waals surface area (Å²) in [6.45, 7) is 12.8. The molecule has 2 aromatic carbocycles. The van der Waals surface area contributed by atoms with E-state index in [0.717, 1.165) is 82.4 Å². The lowest BCUT2D eigenvalue weighted by molar-refractivity contribution is 0.0306. The Bertz CT molecular complexity index is 2660. The van der Waals surface area contributed by atoms with E-state index in [1.165, 1.54) is 30.3 Å². The van der Waals surface area contributed by atoms with Gasteiger partial charge in [-0.3, -0.25) is 14.6 Å². The SMILES string of the molecule is CC(Oc1cc(-c2ccc(=O)[nH]c2)cnc1N)c1c(Cl)ccc(F)c1Cl.CC(Oc1cc(-c2ccc(OCCN3CCOCC3)nc2)cnc1N)c1c(Cl)ccc(F)c1Cl.OCCN1CCOCC1. The van der Waals surface area contributed by atoms with Crippen LogP contribution < -0.4 is 31.2 Å². The molecule has 2 aliphatic rings. The van der Waals surface area contributed by atoms with Crippen LogP contribution in [-0.4, -0.2) is 114 Å². The zero-order valence-corrected chi connectivity index (χ0v) is 40.8. The number of nitrogens with one attached hydrogen (secondary N) is 1. The van der Waals surface area contributed by atoms with E-state index in [4.69, 9.17) is 86.7 Å². The van der Waals surface area contributed by atoms with Gasteiger partial charge in [0.2, 0.25) is 11.4 Å². The number of β-amino-alcohol motifs (C(OH)–C–C–N with tert-alkyl or cyclic N) is 1. The summed E-state index contributed by atoms with van der Waals surface area (Å²) in [5, 5.41) is 8.93. The van der Waals surface area contributed by atoms with Crippen LogP contribution in [0.2, 0.25) is 20.1 Å². The number of hydrogen-bond acceptors (Lipinski definition) is 14. The second kappa shape index (κ2) is 26.0. The number of aliphatic hydroxyl groups is 1. The number of hydrogen-bond donors (Lipinski definition) is 4. The molecule has 2 atom stereocenters. The first-order valence-electron chi connectivity index (χ1n) is 21.8. The number of H-pyrrole nitrogens is 1. The standard InChI is InChI=1S/C24H25Cl2FN4O3.C18H14Cl2FN3O2.C6H13NO2/c1-15(22-18(25)3-4-19(27)23(22)26)34-20-12-17(14-30-24(20)28)16-2-5-21(29-13-16)33-11-8-31-6-9-32-10-7-31;1-9(16-12(19)3-4-13(21)17(16)20)26-14-6-11(8-24-18(14)22)10-2-5-15(25)23-7-10;8-4-1-7-2-5-9-6-3-7/h2-5,12-15H,6-11H2,1H3,(H2,28,30);2-9H,1H3,(H2,22,24)(H,23,25);8H,1-6H2. The Morgan fingerprint density at radius 3 is 1.62 bits per heavy atom. The van der Waals surface area contributed by atoms with Gasteiger partial charge in [0.1, 0.15) is 30.4 Å². The van der Waals surface area contributed by atoms with E-state index < -0.39 is 23.8 Å². The maximum atomic E-state index is 13.9. The molecule has 6 aromatic rings. The second-order valence-corrected chi connectivity index (χ2v) is 17.1. The van der Waals surface area contributed by atoms with Crippen LogP contribution in [0, 0.1) is 11.6 Å². The fourth-order valence-electron chi connectivity index (χ4n) is 7.04. The van der Waals surface area contributed by atoms with E-state index in [1.807, 2.05) is 6.07 Å². The molecule has 2 unspecified atom stereocenters. The van der Waals surface area contributed by atoms with Gasteiger partial charge in [-0.1, -0.05) is 46.4 Å². The van der Waals surface area contributed by atoms with Crippen LogP contribution in [0.1, 0.15) is 37.2 Å². The summed E-state index contributed by atoms with van der Waals surface area (Å²) in [4.78, 5) is 31.0. The molecule has 6 N–H and O–H groups in total. The minimum Gasteiger partial charge on any atom is -0.482 e. The highest BCUT2D eigenvalue weighted by molar-refractivity contribution is 6.36. The number of nitrogens with two attached hydrogens (primary N) is 2. The summed E-state index contributed by atoms with van der Waals surface area (Å²) < 4.78 is 55.7. The normalized spacial score (nSPS) is 14.9. The Labute approximate surface area is 418 Å². The molecule has 0 spiro atoms. The lowest BCUT2D eigenvalue weighted by atomic mass is 10.1. The highest BCUT2D eigenvalue weighted by atomic mass is 35.5. The third kappa shape index (κ3) is 15.1. The number of nitrogen functional groups attached to an aromatic ring is 2. The summed E-state index contributed by atoms with van der Waals surface area (Å²) >= 11 is 24.5. The Balaban J connectivity index is 0.000000196. The molecule has 2 fully saturated rings. The van der Waals surface area contributed by atoms with E-state index in [1.54, 1.807) is 62.9 Å². The van der Waals surface area contributed by atoms with Gasteiger partial charge in [0.25, 0.3) is 0 Å². The maximum Gasteiger partial charge on any atom is 0.247 e. The summed E-state index contributed by atoms with van der Waals surface area (Å²) in [6.07, 6.45) is 5.12. The van der Waals surface area contributed by atoms with E-state index in [-0.39, 0.29) is 44.6 Å². The molecule has 15 nitrogen and oxygen atoms in total. The molecule has 0 aliphatic carbocycles. The zero-order chi connectivity index (χ0) is 49.5. The quantitative estimate of drug-likeness (QED) is 0.0755. The molecule has 2 aliphatic heterocycles. The van der Waals surface area contributed by atoms with Crippen molar-refractivity contribution in [3.05, 3.63) is 139 Å². The van der Waals surface area contributed by atoms with Gasteiger partial charge in [-0.05, 0) is 67.9 Å². The molecular weight excluding hydrogens is 980 g/mol. The van der Waals surface area contributed by atoms with Gasteiger partial charge >= 0.3 is 0 Å². The molecule has 21 heteroatoms. The van der Waals surface area contributed by atoms with Crippen LogP contribution in [0.4, 0.5) is 20.4 Å². The van der Waals surface area contributed by atoms with Gasteiger partial charge in [0, 0.05) is 114 Å². The number of aromatic amines is 1. The monoisotopic (exact) mass is 1030 g/mol. The number of pyridine rings is 4. The van der Waals surface area contributed by atoms with Gasteiger partial charge in [-0.2, -0.15) is 0 Å². The van der Waals surface area contributed by atoms with Crippen molar-refractivity contribution in [1.82, 2.24) is 29.7 Å². The molecular formula is C48H52Cl4F2N8O7. The summed E-state index contributed by atoms with van der Waals surface area (Å²) in [6, 6.07) is 15.4. The van der Waals surface area contributed by atoms with Gasteiger partial charge in [0.05, 0.1) is 43.1 Å². The zero-order valence-electron chi connectivity index (χ0n) is 37.8. The third-order valence-electron chi connectivity index (χ3n) is 10.8. The predicted octanol–water partition coefficient (Wildman–Crippen LogP) is 8.94. The summed E-state index contributed by atoms with van der Waals surface area (Å²) in [5.41, 5.74) is 15.3. The number of aromatic nitrogens is 4. The van der Waals surface area contributed by atoms with Crippen molar-refractivity contribution in [2.24, 2.45) is 0 Å². The van der Waals surface area contributed by atoms with Crippen LogP contribution in [0.25, 0.3) is 22.3 Å². The van der Waals surface area contributed by atoms with Crippen LogP contribution >= 0.6 is 46.4 Å². The van der Waals surface area contributed by atoms with Gasteiger partial charge in [-0.15, -0.1) is 0 Å². The number of morpholine rings is 2. The van der Waals surface area contributed by atoms with Crippen molar-refractivity contribution in [2.75, 3.05) is 90.4 Å². The molecule has 0 bridgehead atoms. The van der Waals surface area contributed by atoms with E-state index >= 15 is 0 Å². The number of nitrogens with zero attached hydrogens (tertiary/aromatic N) is 5. The highest BCUT2D eigenvalue weighted by Gasteiger charge is 2.22. The van der Waals surface area contributed by atoms with Gasteiger partial charge in [-0.25, -0.2) is 23.7 Å². The average molecular weight is 1030 g/mol. The van der Waals surface area contributed by atoms with E-state index in [2.05, 4.69) is 29.7 Å². The molecule has 0 amide bonds. The largest absolute Gasteiger partial charge is 0.482 e. The highest BCUT2D eigenvalue weighted by Crippen LogP contribution is 2.38. The van der Waals surface area contributed by atoms with Crippen LogP contribution in [0.3, 0.4) is 0 Å². The topological polar surface area (TPSA) is 196 Å². The Morgan fingerprint density at radius 1 is 0.681 bits per heavy atom. The van der Waals surface area contributed by atoms with Gasteiger partial charge < -0.3 is 45.2 Å². The lowest BCUT2D eigenvalue weighted by Gasteiger charge is -2.26. The average Bonchev–Trinajstić information content (AvgIpc) is 3.35. The minimum absolute atomic E-state index is 0.0869. The number of ether oxygens (including phenoxy) is 5. The Kier molecular flexibility index (Phi) is 20.0. The summed E-state index contributed by atoms with van der Waals surface area (Å²) in [7, 11) is 0. The molecule has 0 radical (unpaired) electrons. The first kappa shape index (κ1) is 53.0. The minimum atomic E-state index is -0.666. The molecule has 69 heavy (non-hydrogen) atoms. The Morgan fingerprint density at radius 2 is 1.16 bits per heavy atom. The molecule has 368 valence electrons. The number of rotatable bonds is 14. The van der Waals surface area contributed by atoms with Crippen LogP contribution in [0.15, 0.2) is 90.2 Å². The molecule has 8 rings (SSSR count). The summed E-state index contributed by atoms with van der Waals surface area (Å²) in [5.74, 6) is 0.346. The van der Waals surface area contributed by atoms with E-state index in [0.29, 0.717) is 39.9 Å². The predicted molar refractivity (Wildman–Crippen MR) is 265 cm³/mol. The fourth-order valence-corrected chi connectivity index (χ4v) is 8.40. The first-order valence-corrected chi connectivity index (χ1v) is 23.3. The number of halogens is 6.